The summed E-state index contributed by atoms with van der Waals surface area (Å²) in [5.74, 6) is 0. The second kappa shape index (κ2) is 6.29. The zero-order valence-electron chi connectivity index (χ0n) is 11.4. The van der Waals surface area contributed by atoms with E-state index in [0.29, 0.717) is 20.5 Å². The third-order valence-corrected chi connectivity index (χ3v) is 8.05. The van der Waals surface area contributed by atoms with E-state index in [4.69, 9.17) is 18.6 Å². The third-order valence-electron chi connectivity index (χ3n) is 3.30. The fourth-order valence-corrected chi connectivity index (χ4v) is 6.75. The minimum absolute atomic E-state index is 0.330. The number of halogens is 2. The Morgan fingerprint density at radius 2 is 1.90 bits per heavy atom. The molecule has 1 aromatic heterocycles. The number of aromatic nitrogens is 2. The predicted molar refractivity (Wildman–Crippen MR) is 75.8 cm³/mol. The molecule has 0 saturated carbocycles. The second-order valence-electron chi connectivity index (χ2n) is 4.96. The molecule has 0 bridgehead atoms. The standard InChI is InChI=1S/C12H14IN2Se.ClHO4/c1-12(7-13)8-16-11-14(2)9-5-3-4-6-10(9)15(11)12;2-1(3,4)5/h3-6H,7-8H2,1-2H3;(H,2,3,4,5)/q+1;/p-1. The number of hydrogen-bond donors (Lipinski definition) is 0. The Bertz CT molecular complexity index is 654. The predicted octanol–water partition coefficient (Wildman–Crippen LogP) is -3.38. The average Bonchev–Trinajstić information content (AvgIpc) is 2.88. The van der Waals surface area contributed by atoms with Crippen molar-refractivity contribution in [1.29, 1.82) is 0 Å². The monoisotopic (exact) mass is 492 g/mol. The van der Waals surface area contributed by atoms with Gasteiger partial charge < -0.3 is 0 Å². The van der Waals surface area contributed by atoms with Crippen molar-refractivity contribution in [1.82, 2.24) is 4.57 Å². The minimum atomic E-state index is -4.94. The molecule has 9 heteroatoms. The molecule has 0 spiro atoms. The van der Waals surface area contributed by atoms with Crippen LogP contribution in [0.1, 0.15) is 6.92 Å². The van der Waals surface area contributed by atoms with Gasteiger partial charge in [-0.3, -0.25) is 0 Å². The number of aryl methyl sites for hydroxylation is 1. The van der Waals surface area contributed by atoms with Gasteiger partial charge in [-0.1, -0.05) is 0 Å². The van der Waals surface area contributed by atoms with E-state index in [9.17, 15) is 0 Å². The Morgan fingerprint density at radius 3 is 2.48 bits per heavy atom. The number of benzene rings is 1. The van der Waals surface area contributed by atoms with Crippen LogP contribution < -0.4 is 27.9 Å². The first kappa shape index (κ1) is 17.4. The molecule has 0 amide bonds. The Labute approximate surface area is 144 Å². The molecule has 1 aliphatic rings. The van der Waals surface area contributed by atoms with Crippen LogP contribution in [0.5, 0.6) is 0 Å². The molecule has 6 nitrogen and oxygen atoms in total. The van der Waals surface area contributed by atoms with Crippen molar-refractivity contribution in [3.8, 4) is 0 Å². The molecule has 0 N–H and O–H groups in total. The van der Waals surface area contributed by atoms with Crippen molar-refractivity contribution < 1.29 is 33.4 Å². The van der Waals surface area contributed by atoms with Gasteiger partial charge in [-0.25, -0.2) is 18.6 Å². The summed E-state index contributed by atoms with van der Waals surface area (Å²) >= 11 is 3.14. The van der Waals surface area contributed by atoms with Gasteiger partial charge in [0.1, 0.15) is 0 Å². The number of fused-ring (bicyclic) bond motifs is 3. The van der Waals surface area contributed by atoms with Gasteiger partial charge in [0, 0.05) is 0 Å². The molecule has 0 saturated heterocycles. The smallest absolute Gasteiger partial charge is 0.112 e. The molecule has 0 fully saturated rings. The van der Waals surface area contributed by atoms with E-state index in [2.05, 4.69) is 70.0 Å². The van der Waals surface area contributed by atoms with Crippen LogP contribution in [0.2, 0.25) is 5.32 Å². The summed E-state index contributed by atoms with van der Waals surface area (Å²) in [6.07, 6.45) is 0. The Morgan fingerprint density at radius 1 is 1.33 bits per heavy atom. The van der Waals surface area contributed by atoms with Gasteiger partial charge in [-0.2, -0.15) is 0 Å². The van der Waals surface area contributed by atoms with Crippen LogP contribution in [-0.4, -0.2) is 24.0 Å². The summed E-state index contributed by atoms with van der Waals surface area (Å²) in [6.45, 7) is 2.39. The van der Waals surface area contributed by atoms with E-state index in [-0.39, 0.29) is 0 Å². The molecule has 3 rings (SSSR count). The fraction of sp³-hybridized carbons (Fsp3) is 0.417. The van der Waals surface area contributed by atoms with Crippen molar-refractivity contribution in [2.45, 2.75) is 17.8 Å². The van der Waals surface area contributed by atoms with Crippen LogP contribution >= 0.6 is 22.6 Å². The van der Waals surface area contributed by atoms with Crippen LogP contribution in [0, 0.1) is 10.2 Å². The summed E-state index contributed by atoms with van der Waals surface area (Å²) in [7, 11) is -2.74. The van der Waals surface area contributed by atoms with Crippen LogP contribution in [0.25, 0.3) is 11.0 Å². The molecule has 1 aliphatic heterocycles. The number of hydrogen-bond acceptors (Lipinski definition) is 4. The molecule has 116 valence electrons. The summed E-state index contributed by atoms with van der Waals surface area (Å²) in [5.41, 5.74) is 3.10. The molecule has 1 atom stereocenters. The average molecular weight is 492 g/mol. The maximum Gasteiger partial charge on any atom is -0.112 e. The van der Waals surface area contributed by atoms with Crippen LogP contribution in [0.3, 0.4) is 0 Å². The first-order valence-corrected chi connectivity index (χ1v) is 10.8. The SMILES string of the molecule is C[n+]1c2n(c3ccccc31)C(C)(CI)C[Se]2.[O-][Cl+3]([O-])([O-])[O-]. The summed E-state index contributed by atoms with van der Waals surface area (Å²) in [5, 5.41) is 1.33. The van der Waals surface area contributed by atoms with Gasteiger partial charge in [0.2, 0.25) is 0 Å². The van der Waals surface area contributed by atoms with Crippen LogP contribution in [-0.2, 0) is 12.6 Å². The van der Waals surface area contributed by atoms with Crippen LogP contribution in [0.15, 0.2) is 24.3 Å². The van der Waals surface area contributed by atoms with Gasteiger partial charge >= 0.3 is 116 Å². The number of para-hydroxylation sites is 2. The number of rotatable bonds is 1. The van der Waals surface area contributed by atoms with Gasteiger partial charge in [-0.15, -0.1) is 10.2 Å². The molecule has 1 unspecified atom stereocenters. The van der Waals surface area contributed by atoms with Gasteiger partial charge in [0.15, 0.2) is 0 Å². The molecule has 0 aliphatic carbocycles. The topological polar surface area (TPSA) is 101 Å². The number of imidazole rings is 1. The van der Waals surface area contributed by atoms with Crippen molar-refractivity contribution >= 4 is 53.3 Å². The van der Waals surface area contributed by atoms with Crippen molar-refractivity contribution in [3.63, 3.8) is 0 Å². The van der Waals surface area contributed by atoms with E-state index in [1.165, 1.54) is 25.5 Å². The first-order valence-electron chi connectivity index (χ1n) is 5.98. The van der Waals surface area contributed by atoms with E-state index in [0.717, 1.165) is 0 Å². The molecular formula is C12H14ClIN2O4Se. The van der Waals surface area contributed by atoms with Crippen molar-refractivity contribution in [2.24, 2.45) is 7.05 Å². The van der Waals surface area contributed by atoms with Crippen LogP contribution in [0.4, 0.5) is 0 Å². The Kier molecular flexibility index (Phi) is 5.22. The third kappa shape index (κ3) is 3.70. The molecule has 2 heterocycles. The number of alkyl halides is 1. The Balaban J connectivity index is 0.000000282. The first-order chi connectivity index (χ1) is 9.67. The van der Waals surface area contributed by atoms with Gasteiger partial charge in [-0.05, 0) is 0 Å². The van der Waals surface area contributed by atoms with Crippen molar-refractivity contribution in [2.75, 3.05) is 4.43 Å². The van der Waals surface area contributed by atoms with E-state index >= 15 is 0 Å². The normalized spacial score (nSPS) is 21.1. The second-order valence-corrected chi connectivity index (χ2v) is 8.46. The Hall–Kier alpha value is 0.0695. The quantitative estimate of drug-likeness (QED) is 0.180. The van der Waals surface area contributed by atoms with E-state index < -0.39 is 10.2 Å². The summed E-state index contributed by atoms with van der Waals surface area (Å²) < 4.78 is 41.7. The molecule has 1 aromatic carbocycles. The maximum atomic E-state index is 8.49. The largest absolute Gasteiger partial charge is 0.222 e. The molecule has 2 aromatic rings. The molecule has 21 heavy (non-hydrogen) atoms. The molecule has 0 radical (unpaired) electrons. The van der Waals surface area contributed by atoms with Crippen molar-refractivity contribution in [3.05, 3.63) is 24.3 Å². The summed E-state index contributed by atoms with van der Waals surface area (Å²) in [4.78, 5) is 0. The molecular weight excluding hydrogens is 477 g/mol. The minimum Gasteiger partial charge on any atom is -0.222 e. The zero-order chi connectivity index (χ0) is 15.8. The fourth-order valence-electron chi connectivity index (χ4n) is 2.36. The number of nitrogens with zero attached hydrogens (tertiary/aromatic N) is 2. The van der Waals surface area contributed by atoms with E-state index in [1.54, 1.807) is 0 Å². The van der Waals surface area contributed by atoms with Gasteiger partial charge in [0.05, 0.1) is 0 Å². The van der Waals surface area contributed by atoms with E-state index in [1.807, 2.05) is 0 Å². The zero-order valence-corrected chi connectivity index (χ0v) is 16.0. The van der Waals surface area contributed by atoms with Gasteiger partial charge in [0.25, 0.3) is 0 Å². The summed E-state index contributed by atoms with van der Waals surface area (Å²) in [6, 6.07) is 8.76. The maximum absolute atomic E-state index is 8.49.